The molecule has 1 atom stereocenters. The van der Waals surface area contributed by atoms with Gasteiger partial charge in [0.1, 0.15) is 23.4 Å². The first-order chi connectivity index (χ1) is 12.5. The lowest BCUT2D eigenvalue weighted by atomic mass is 10.1. The summed E-state index contributed by atoms with van der Waals surface area (Å²) in [6, 6.07) is 10.5. The zero-order valence-corrected chi connectivity index (χ0v) is 13.7. The Morgan fingerprint density at radius 3 is 2.50 bits per heavy atom. The summed E-state index contributed by atoms with van der Waals surface area (Å²) in [4.78, 5) is 24.0. The minimum Gasteiger partial charge on any atom is -0.368 e. The lowest BCUT2D eigenvalue weighted by Crippen LogP contribution is -2.39. The number of hydrazone groups is 1. The summed E-state index contributed by atoms with van der Waals surface area (Å²) in [5, 5.41) is 8.01. The van der Waals surface area contributed by atoms with Crippen LogP contribution in [0, 0.1) is 11.6 Å². The van der Waals surface area contributed by atoms with Crippen LogP contribution in [-0.2, 0) is 16.1 Å². The number of hydrogen-bond acceptors (Lipinski definition) is 4. The summed E-state index contributed by atoms with van der Waals surface area (Å²) in [7, 11) is 0. The van der Waals surface area contributed by atoms with Crippen LogP contribution in [0.4, 0.5) is 14.5 Å². The fraction of sp³-hybridized carbons (Fsp3) is 0.167. The normalized spacial score (nSPS) is 16.3. The molecule has 0 bridgehead atoms. The van der Waals surface area contributed by atoms with Crippen LogP contribution in [-0.4, -0.2) is 23.6 Å². The van der Waals surface area contributed by atoms with Crippen molar-refractivity contribution in [3.05, 3.63) is 65.7 Å². The molecule has 2 amide bonds. The molecule has 1 unspecified atom stereocenters. The van der Waals surface area contributed by atoms with Gasteiger partial charge in [-0.1, -0.05) is 18.2 Å². The number of nitrogens with zero attached hydrogens (tertiary/aromatic N) is 2. The molecule has 2 aromatic carbocycles. The van der Waals surface area contributed by atoms with Crippen molar-refractivity contribution in [3.8, 4) is 0 Å². The number of carbonyl (C=O) groups excluding carboxylic acids is 2. The van der Waals surface area contributed by atoms with Crippen LogP contribution < -0.4 is 16.1 Å². The van der Waals surface area contributed by atoms with E-state index in [-0.39, 0.29) is 18.7 Å². The third kappa shape index (κ3) is 3.69. The summed E-state index contributed by atoms with van der Waals surface area (Å²) in [5.41, 5.74) is 6.26. The first-order valence-electron chi connectivity index (χ1n) is 7.89. The fourth-order valence-corrected chi connectivity index (χ4v) is 2.62. The Morgan fingerprint density at radius 2 is 1.85 bits per heavy atom. The third-order valence-electron chi connectivity index (χ3n) is 3.99. The second-order valence-corrected chi connectivity index (χ2v) is 5.76. The number of primary amides is 1. The second kappa shape index (κ2) is 7.30. The van der Waals surface area contributed by atoms with Crippen LogP contribution in [0.25, 0.3) is 0 Å². The molecule has 6 nitrogen and oxygen atoms in total. The van der Waals surface area contributed by atoms with E-state index in [1.165, 1.54) is 35.3 Å². The molecule has 0 aromatic heterocycles. The molecular weight excluding hydrogens is 342 g/mol. The Morgan fingerprint density at radius 1 is 1.15 bits per heavy atom. The standard InChI is InChI=1S/C18H16F2N4O2/c19-12-5-7-13(8-6-12)24-16(17(21)25)9-15(23-24)18(26)22-10-11-3-1-2-4-14(11)20/h1-8,16H,9-10H2,(H2,21,25)(H,22,26). The molecule has 0 radical (unpaired) electrons. The highest BCUT2D eigenvalue weighted by Crippen LogP contribution is 2.25. The van der Waals surface area contributed by atoms with Gasteiger partial charge in [-0.05, 0) is 30.3 Å². The van der Waals surface area contributed by atoms with Crippen LogP contribution in [0.2, 0.25) is 0 Å². The minimum absolute atomic E-state index is 0.00974. The predicted octanol–water partition coefficient (Wildman–Crippen LogP) is 1.70. The van der Waals surface area contributed by atoms with E-state index in [0.29, 0.717) is 11.3 Å². The van der Waals surface area contributed by atoms with Gasteiger partial charge in [-0.3, -0.25) is 14.6 Å². The summed E-state index contributed by atoms with van der Waals surface area (Å²) in [5.74, 6) is -2.04. The number of benzene rings is 2. The Bertz CT molecular complexity index is 868. The van der Waals surface area contributed by atoms with E-state index in [1.807, 2.05) is 0 Å². The average Bonchev–Trinajstić information content (AvgIpc) is 3.07. The van der Waals surface area contributed by atoms with E-state index >= 15 is 0 Å². The summed E-state index contributed by atoms with van der Waals surface area (Å²) in [6.45, 7) is -0.0116. The quantitative estimate of drug-likeness (QED) is 0.853. The van der Waals surface area contributed by atoms with Gasteiger partial charge in [0.2, 0.25) is 5.91 Å². The summed E-state index contributed by atoms with van der Waals surface area (Å²) < 4.78 is 26.7. The van der Waals surface area contributed by atoms with E-state index in [1.54, 1.807) is 18.2 Å². The zero-order chi connectivity index (χ0) is 18.7. The molecule has 1 heterocycles. The van der Waals surface area contributed by atoms with Gasteiger partial charge in [0.05, 0.1) is 5.69 Å². The minimum atomic E-state index is -0.852. The maximum atomic E-state index is 13.6. The third-order valence-corrected chi connectivity index (χ3v) is 3.99. The topological polar surface area (TPSA) is 87.8 Å². The van der Waals surface area contributed by atoms with Gasteiger partial charge in [-0.25, -0.2) is 8.78 Å². The van der Waals surface area contributed by atoms with E-state index < -0.39 is 29.5 Å². The van der Waals surface area contributed by atoms with Crippen molar-refractivity contribution < 1.29 is 18.4 Å². The first-order valence-corrected chi connectivity index (χ1v) is 7.89. The van der Waals surface area contributed by atoms with Crippen molar-refractivity contribution in [2.75, 3.05) is 5.01 Å². The van der Waals surface area contributed by atoms with Crippen molar-refractivity contribution in [2.45, 2.75) is 19.0 Å². The molecule has 0 spiro atoms. The van der Waals surface area contributed by atoms with E-state index in [0.717, 1.165) is 0 Å². The summed E-state index contributed by atoms with van der Waals surface area (Å²) in [6.07, 6.45) is 0.00974. The fourth-order valence-electron chi connectivity index (χ4n) is 2.62. The highest BCUT2D eigenvalue weighted by molar-refractivity contribution is 6.40. The van der Waals surface area contributed by atoms with Crippen LogP contribution in [0.5, 0.6) is 0 Å². The molecule has 2 aromatic rings. The van der Waals surface area contributed by atoms with Crippen molar-refractivity contribution in [2.24, 2.45) is 10.8 Å². The Labute approximate surface area is 148 Å². The maximum Gasteiger partial charge on any atom is 0.267 e. The van der Waals surface area contributed by atoms with E-state index in [2.05, 4.69) is 10.4 Å². The van der Waals surface area contributed by atoms with Crippen molar-refractivity contribution in [1.29, 1.82) is 0 Å². The maximum absolute atomic E-state index is 13.6. The number of nitrogens with one attached hydrogen (secondary N) is 1. The Hall–Kier alpha value is -3.29. The monoisotopic (exact) mass is 358 g/mol. The smallest absolute Gasteiger partial charge is 0.267 e. The SMILES string of the molecule is NC(=O)C1CC(C(=O)NCc2ccccc2F)=NN1c1ccc(F)cc1. The Kier molecular flexibility index (Phi) is 4.92. The van der Waals surface area contributed by atoms with Gasteiger partial charge in [-0.15, -0.1) is 0 Å². The number of halogens is 2. The highest BCUT2D eigenvalue weighted by Gasteiger charge is 2.34. The largest absolute Gasteiger partial charge is 0.368 e. The highest BCUT2D eigenvalue weighted by atomic mass is 19.1. The van der Waals surface area contributed by atoms with Gasteiger partial charge in [0, 0.05) is 18.5 Å². The van der Waals surface area contributed by atoms with E-state index in [9.17, 15) is 18.4 Å². The second-order valence-electron chi connectivity index (χ2n) is 5.76. The van der Waals surface area contributed by atoms with Crippen LogP contribution >= 0.6 is 0 Å². The average molecular weight is 358 g/mol. The number of amides is 2. The van der Waals surface area contributed by atoms with Gasteiger partial charge < -0.3 is 11.1 Å². The number of anilines is 1. The Balaban J connectivity index is 1.75. The molecule has 1 aliphatic heterocycles. The van der Waals surface area contributed by atoms with Crippen molar-refractivity contribution >= 4 is 23.2 Å². The van der Waals surface area contributed by atoms with Crippen molar-refractivity contribution in [1.82, 2.24) is 5.32 Å². The lowest BCUT2D eigenvalue weighted by molar-refractivity contribution is -0.119. The molecule has 0 saturated heterocycles. The van der Waals surface area contributed by atoms with Crippen LogP contribution in [0.3, 0.4) is 0 Å². The lowest BCUT2D eigenvalue weighted by Gasteiger charge is -2.20. The molecule has 134 valence electrons. The number of carbonyl (C=O) groups is 2. The molecule has 8 heteroatoms. The number of rotatable bonds is 5. The number of hydrogen-bond donors (Lipinski definition) is 2. The van der Waals surface area contributed by atoms with Gasteiger partial charge in [0.15, 0.2) is 0 Å². The molecule has 0 aliphatic carbocycles. The first kappa shape index (κ1) is 17.5. The zero-order valence-electron chi connectivity index (χ0n) is 13.7. The number of nitrogens with two attached hydrogens (primary N) is 1. The van der Waals surface area contributed by atoms with Crippen LogP contribution in [0.15, 0.2) is 53.6 Å². The molecule has 1 aliphatic rings. The summed E-state index contributed by atoms with van der Waals surface area (Å²) >= 11 is 0. The van der Waals surface area contributed by atoms with E-state index in [4.69, 9.17) is 5.73 Å². The molecule has 0 fully saturated rings. The molecule has 3 rings (SSSR count). The van der Waals surface area contributed by atoms with Crippen LogP contribution in [0.1, 0.15) is 12.0 Å². The molecule has 0 saturated carbocycles. The van der Waals surface area contributed by atoms with Gasteiger partial charge in [-0.2, -0.15) is 5.10 Å². The van der Waals surface area contributed by atoms with Gasteiger partial charge >= 0.3 is 0 Å². The van der Waals surface area contributed by atoms with Gasteiger partial charge in [0.25, 0.3) is 5.91 Å². The predicted molar refractivity (Wildman–Crippen MR) is 92.2 cm³/mol. The molecular formula is C18H16F2N4O2. The molecule has 26 heavy (non-hydrogen) atoms. The molecule has 3 N–H and O–H groups in total. The van der Waals surface area contributed by atoms with Crippen molar-refractivity contribution in [3.63, 3.8) is 0 Å².